The number of hydrogen-bond acceptors (Lipinski definition) is 4. The Hall–Kier alpha value is -2.88. The number of carbonyl (C=O) groups excluding carboxylic acids is 2. The van der Waals surface area contributed by atoms with E-state index in [0.29, 0.717) is 5.56 Å². The molecule has 0 bridgehead atoms. The predicted octanol–water partition coefficient (Wildman–Crippen LogP) is 3.39. The molecule has 0 spiro atoms. The third-order valence-corrected chi connectivity index (χ3v) is 4.77. The number of carbonyl (C=O) groups is 2. The fourth-order valence-corrected chi connectivity index (χ4v) is 3.53. The first-order chi connectivity index (χ1) is 12.1. The number of aryl methyl sites for hydroxylation is 1. The molecule has 1 aliphatic carbocycles. The van der Waals surface area contributed by atoms with Crippen LogP contribution in [0.5, 0.6) is 0 Å². The number of hydrogen-bond donors (Lipinski definition) is 0. The molecule has 1 atom stereocenters. The monoisotopic (exact) mass is 336 g/mol. The Bertz CT molecular complexity index is 817. The van der Waals surface area contributed by atoms with Crippen LogP contribution in [0, 0.1) is 6.92 Å². The fraction of sp³-hybridized carbons (Fsp3) is 0.238. The molecule has 0 N–H and O–H groups in total. The Morgan fingerprint density at radius 1 is 0.920 bits per heavy atom. The van der Waals surface area contributed by atoms with Crippen LogP contribution < -0.4 is 0 Å². The van der Waals surface area contributed by atoms with E-state index in [1.807, 2.05) is 61.5 Å². The first-order valence-electron chi connectivity index (χ1n) is 8.06. The number of rotatable bonds is 3. The van der Waals surface area contributed by atoms with Crippen molar-refractivity contribution in [2.75, 3.05) is 14.2 Å². The van der Waals surface area contributed by atoms with Crippen LogP contribution >= 0.6 is 0 Å². The molecular weight excluding hydrogens is 316 g/mol. The summed E-state index contributed by atoms with van der Waals surface area (Å²) >= 11 is 0. The van der Waals surface area contributed by atoms with E-state index in [4.69, 9.17) is 9.47 Å². The smallest absolute Gasteiger partial charge is 0.328 e. The average molecular weight is 336 g/mol. The van der Waals surface area contributed by atoms with Crippen molar-refractivity contribution in [1.82, 2.24) is 0 Å². The molecule has 0 saturated heterocycles. The maximum Gasteiger partial charge on any atom is 0.328 e. The summed E-state index contributed by atoms with van der Waals surface area (Å²) in [5, 5.41) is 0. The van der Waals surface area contributed by atoms with Gasteiger partial charge in [-0.15, -0.1) is 0 Å². The van der Waals surface area contributed by atoms with Gasteiger partial charge in [0, 0.05) is 5.92 Å². The van der Waals surface area contributed by atoms with Crippen molar-refractivity contribution in [2.45, 2.75) is 18.3 Å². The maximum absolute atomic E-state index is 12.9. The van der Waals surface area contributed by atoms with Crippen molar-refractivity contribution >= 4 is 18.0 Å². The Balaban J connectivity index is 2.31. The van der Waals surface area contributed by atoms with Crippen LogP contribution in [0.15, 0.2) is 54.6 Å². The molecule has 0 aromatic heterocycles. The third kappa shape index (κ3) is 2.54. The lowest BCUT2D eigenvalue weighted by molar-refractivity contribution is -0.163. The minimum absolute atomic E-state index is 0.511. The second-order valence-electron chi connectivity index (χ2n) is 6.13. The number of allylic oxidation sites excluding steroid dienone is 1. The summed E-state index contributed by atoms with van der Waals surface area (Å²) < 4.78 is 10.1. The Labute approximate surface area is 147 Å². The number of esters is 2. The Morgan fingerprint density at radius 2 is 1.52 bits per heavy atom. The second kappa shape index (κ2) is 6.55. The lowest BCUT2D eigenvalue weighted by Gasteiger charge is -2.38. The molecule has 2 aromatic rings. The molecule has 0 amide bonds. The van der Waals surface area contributed by atoms with Gasteiger partial charge >= 0.3 is 11.9 Å². The van der Waals surface area contributed by atoms with Gasteiger partial charge in [-0.2, -0.15) is 0 Å². The summed E-state index contributed by atoms with van der Waals surface area (Å²) in [6.45, 7) is 1.99. The van der Waals surface area contributed by atoms with E-state index in [9.17, 15) is 9.59 Å². The lowest BCUT2D eigenvalue weighted by Crippen LogP contribution is -2.51. The first-order valence-corrected chi connectivity index (χ1v) is 8.06. The predicted molar refractivity (Wildman–Crippen MR) is 95.1 cm³/mol. The van der Waals surface area contributed by atoms with Crippen LogP contribution in [0.2, 0.25) is 0 Å². The molecule has 0 heterocycles. The molecule has 128 valence electrons. The molecule has 4 heteroatoms. The van der Waals surface area contributed by atoms with E-state index in [2.05, 4.69) is 0 Å². The highest BCUT2D eigenvalue weighted by atomic mass is 16.5. The van der Waals surface area contributed by atoms with Crippen LogP contribution in [0.25, 0.3) is 6.08 Å². The van der Waals surface area contributed by atoms with E-state index in [1.165, 1.54) is 14.2 Å². The van der Waals surface area contributed by atoms with Crippen molar-refractivity contribution in [3.8, 4) is 0 Å². The zero-order valence-electron chi connectivity index (χ0n) is 14.5. The molecule has 2 aromatic carbocycles. The quantitative estimate of drug-likeness (QED) is 0.637. The van der Waals surface area contributed by atoms with Gasteiger partial charge in [-0.1, -0.05) is 66.2 Å². The highest BCUT2D eigenvalue weighted by molar-refractivity contribution is 6.09. The zero-order valence-corrected chi connectivity index (χ0v) is 14.5. The van der Waals surface area contributed by atoms with Gasteiger partial charge < -0.3 is 9.47 Å². The minimum Gasteiger partial charge on any atom is -0.468 e. The highest BCUT2D eigenvalue weighted by Gasteiger charge is 2.57. The summed E-state index contributed by atoms with van der Waals surface area (Å²) in [4.78, 5) is 25.9. The first kappa shape index (κ1) is 17.0. The zero-order chi connectivity index (χ0) is 18.0. The molecule has 25 heavy (non-hydrogen) atoms. The van der Waals surface area contributed by atoms with Gasteiger partial charge in [-0.05, 0) is 23.6 Å². The van der Waals surface area contributed by atoms with Crippen molar-refractivity contribution in [1.29, 1.82) is 0 Å². The van der Waals surface area contributed by atoms with E-state index < -0.39 is 23.3 Å². The molecule has 1 unspecified atom stereocenters. The van der Waals surface area contributed by atoms with Gasteiger partial charge in [0.05, 0.1) is 14.2 Å². The largest absolute Gasteiger partial charge is 0.468 e. The second-order valence-corrected chi connectivity index (χ2v) is 6.13. The van der Waals surface area contributed by atoms with E-state index in [0.717, 1.165) is 16.7 Å². The van der Waals surface area contributed by atoms with Gasteiger partial charge in [0.2, 0.25) is 5.41 Å². The van der Waals surface area contributed by atoms with Crippen LogP contribution in [0.3, 0.4) is 0 Å². The molecule has 0 fully saturated rings. The normalized spacial score (nSPS) is 17.5. The fourth-order valence-electron chi connectivity index (χ4n) is 3.53. The standard InChI is InChI=1S/C21H20O4/c1-14-8-10-16(11-9-14)18-13-12-15-6-4-5-7-17(15)21(18,19(22)24-2)20(23)25-3/h4-13,18H,1-3H3. The van der Waals surface area contributed by atoms with E-state index >= 15 is 0 Å². The highest BCUT2D eigenvalue weighted by Crippen LogP contribution is 2.47. The van der Waals surface area contributed by atoms with Crippen molar-refractivity contribution in [2.24, 2.45) is 0 Å². The number of benzene rings is 2. The van der Waals surface area contributed by atoms with Crippen LogP contribution in [0.1, 0.15) is 28.2 Å². The molecule has 4 nitrogen and oxygen atoms in total. The third-order valence-electron chi connectivity index (χ3n) is 4.77. The van der Waals surface area contributed by atoms with Crippen LogP contribution in [-0.4, -0.2) is 26.2 Å². The summed E-state index contributed by atoms with van der Waals surface area (Å²) in [5.41, 5.74) is 1.80. The molecule has 0 saturated carbocycles. The molecule has 3 rings (SSSR count). The van der Waals surface area contributed by atoms with E-state index in [-0.39, 0.29) is 0 Å². The number of methoxy groups -OCH3 is 2. The number of fused-ring (bicyclic) bond motifs is 1. The van der Waals surface area contributed by atoms with Gasteiger partial charge in [0.1, 0.15) is 0 Å². The van der Waals surface area contributed by atoms with Crippen molar-refractivity contribution in [3.05, 3.63) is 76.9 Å². The molecule has 1 aliphatic rings. The molecule has 0 aliphatic heterocycles. The Morgan fingerprint density at radius 3 is 2.12 bits per heavy atom. The molecule has 0 radical (unpaired) electrons. The van der Waals surface area contributed by atoms with Crippen LogP contribution in [0.4, 0.5) is 0 Å². The van der Waals surface area contributed by atoms with Gasteiger partial charge in [-0.3, -0.25) is 9.59 Å². The summed E-state index contributed by atoms with van der Waals surface area (Å²) in [5.74, 6) is -1.76. The van der Waals surface area contributed by atoms with Crippen molar-refractivity contribution in [3.63, 3.8) is 0 Å². The average Bonchev–Trinajstić information content (AvgIpc) is 2.66. The lowest BCUT2D eigenvalue weighted by atomic mass is 9.63. The van der Waals surface area contributed by atoms with Gasteiger partial charge in [-0.25, -0.2) is 0 Å². The minimum atomic E-state index is -1.57. The number of ether oxygens (including phenoxy) is 2. The van der Waals surface area contributed by atoms with Crippen molar-refractivity contribution < 1.29 is 19.1 Å². The van der Waals surface area contributed by atoms with E-state index in [1.54, 1.807) is 6.07 Å². The summed E-state index contributed by atoms with van der Waals surface area (Å²) in [6.07, 6.45) is 3.81. The van der Waals surface area contributed by atoms with Gasteiger partial charge in [0.15, 0.2) is 0 Å². The maximum atomic E-state index is 12.9. The molecular formula is C21H20O4. The Kier molecular flexibility index (Phi) is 4.45. The van der Waals surface area contributed by atoms with Crippen LogP contribution in [-0.2, 0) is 24.5 Å². The van der Waals surface area contributed by atoms with Gasteiger partial charge in [0.25, 0.3) is 0 Å². The summed E-state index contributed by atoms with van der Waals surface area (Å²) in [6, 6.07) is 15.1. The topological polar surface area (TPSA) is 52.6 Å². The summed E-state index contributed by atoms with van der Waals surface area (Å²) in [7, 11) is 2.58. The SMILES string of the molecule is COC(=O)C1(C(=O)OC)c2ccccc2C=CC1c1ccc(C)cc1.